The van der Waals surface area contributed by atoms with Gasteiger partial charge in [0.2, 0.25) is 0 Å². The number of halogens is 1. The lowest BCUT2D eigenvalue weighted by atomic mass is 10.2. The minimum atomic E-state index is -1.24. The van der Waals surface area contributed by atoms with Crippen molar-refractivity contribution in [2.45, 2.75) is 0 Å². The zero-order chi connectivity index (χ0) is 12.1. The van der Waals surface area contributed by atoms with Crippen LogP contribution in [0.25, 0.3) is 0 Å². The van der Waals surface area contributed by atoms with E-state index in [4.69, 9.17) is 9.84 Å². The number of benzene rings is 1. The minimum Gasteiger partial charge on any atom is -0.484 e. The second-order valence-electron chi connectivity index (χ2n) is 2.78. The van der Waals surface area contributed by atoms with E-state index in [9.17, 15) is 19.3 Å². The van der Waals surface area contributed by atoms with Crippen molar-refractivity contribution in [2.75, 3.05) is 13.3 Å². The number of carboxylic acid groups (broad SMARTS) is 1. The van der Waals surface area contributed by atoms with Crippen LogP contribution in [0.1, 0.15) is 10.4 Å². The summed E-state index contributed by atoms with van der Waals surface area (Å²) in [5, 5.41) is 19.2. The number of aromatic carboxylic acids is 1. The summed E-state index contributed by atoms with van der Waals surface area (Å²) in [5.74, 6) is -1.48. The SMILES string of the molecule is O=C(O)c1ccc([N+](=O)[O-])c(OCCF)c1. The maximum absolute atomic E-state index is 11.9. The van der Waals surface area contributed by atoms with Crippen LogP contribution in [0, 0.1) is 10.1 Å². The molecule has 86 valence electrons. The highest BCUT2D eigenvalue weighted by molar-refractivity contribution is 5.88. The van der Waals surface area contributed by atoms with E-state index >= 15 is 0 Å². The Morgan fingerprint density at radius 3 is 2.75 bits per heavy atom. The quantitative estimate of drug-likeness (QED) is 0.612. The van der Waals surface area contributed by atoms with Gasteiger partial charge in [0, 0.05) is 12.1 Å². The number of hydrogen-bond acceptors (Lipinski definition) is 4. The largest absolute Gasteiger partial charge is 0.484 e. The molecule has 0 atom stereocenters. The first kappa shape index (κ1) is 11.9. The second kappa shape index (κ2) is 5.06. The molecule has 0 aliphatic rings. The van der Waals surface area contributed by atoms with Crippen LogP contribution in [0.15, 0.2) is 18.2 Å². The molecule has 0 amide bonds. The fourth-order valence-electron chi connectivity index (χ4n) is 1.06. The van der Waals surface area contributed by atoms with Crippen molar-refractivity contribution in [3.63, 3.8) is 0 Å². The molecule has 0 aliphatic carbocycles. The number of hydrogen-bond donors (Lipinski definition) is 1. The van der Waals surface area contributed by atoms with Crippen LogP contribution >= 0.6 is 0 Å². The number of carbonyl (C=O) groups is 1. The normalized spacial score (nSPS) is 9.81. The third-order valence-electron chi connectivity index (χ3n) is 1.74. The lowest BCUT2D eigenvalue weighted by molar-refractivity contribution is -0.385. The van der Waals surface area contributed by atoms with Gasteiger partial charge in [-0.15, -0.1) is 0 Å². The molecule has 0 unspecified atom stereocenters. The summed E-state index contributed by atoms with van der Waals surface area (Å²) in [4.78, 5) is 20.4. The Hall–Kier alpha value is -2.18. The summed E-state index contributed by atoms with van der Waals surface area (Å²) in [7, 11) is 0. The number of rotatable bonds is 5. The van der Waals surface area contributed by atoms with Crippen LogP contribution in [0.2, 0.25) is 0 Å². The number of alkyl halides is 1. The van der Waals surface area contributed by atoms with E-state index < -0.39 is 23.3 Å². The molecule has 0 heterocycles. The van der Waals surface area contributed by atoms with E-state index in [1.54, 1.807) is 0 Å². The maximum atomic E-state index is 11.9. The number of nitro benzene ring substituents is 1. The summed E-state index contributed by atoms with van der Waals surface area (Å²) in [6, 6.07) is 3.09. The van der Waals surface area contributed by atoms with Crippen LogP contribution in [-0.2, 0) is 0 Å². The van der Waals surface area contributed by atoms with Crippen molar-refractivity contribution in [3.05, 3.63) is 33.9 Å². The average molecular weight is 229 g/mol. The van der Waals surface area contributed by atoms with Crippen molar-refractivity contribution in [1.82, 2.24) is 0 Å². The molecule has 1 rings (SSSR count). The van der Waals surface area contributed by atoms with E-state index in [0.29, 0.717) is 0 Å². The monoisotopic (exact) mass is 229 g/mol. The molecular weight excluding hydrogens is 221 g/mol. The fraction of sp³-hybridized carbons (Fsp3) is 0.222. The Labute approximate surface area is 89.4 Å². The molecule has 0 bridgehead atoms. The summed E-state index contributed by atoms with van der Waals surface area (Å²) < 4.78 is 16.6. The fourth-order valence-corrected chi connectivity index (χ4v) is 1.06. The van der Waals surface area contributed by atoms with Gasteiger partial charge in [0.1, 0.15) is 13.3 Å². The Bertz CT molecular complexity index is 420. The van der Waals surface area contributed by atoms with E-state index in [-0.39, 0.29) is 17.9 Å². The van der Waals surface area contributed by atoms with Gasteiger partial charge < -0.3 is 9.84 Å². The molecule has 0 aliphatic heterocycles. The average Bonchev–Trinajstić information content (AvgIpc) is 2.25. The van der Waals surface area contributed by atoms with Gasteiger partial charge in [-0.05, 0) is 6.07 Å². The molecule has 0 fully saturated rings. The molecule has 6 nitrogen and oxygen atoms in total. The first-order chi connectivity index (χ1) is 7.56. The molecule has 7 heteroatoms. The number of nitro groups is 1. The van der Waals surface area contributed by atoms with Gasteiger partial charge in [-0.25, -0.2) is 9.18 Å². The lowest BCUT2D eigenvalue weighted by Crippen LogP contribution is -2.04. The van der Waals surface area contributed by atoms with Gasteiger partial charge >= 0.3 is 11.7 Å². The maximum Gasteiger partial charge on any atom is 0.335 e. The predicted molar refractivity (Wildman–Crippen MR) is 51.5 cm³/mol. The summed E-state index contributed by atoms with van der Waals surface area (Å²) in [5.41, 5.74) is -0.544. The van der Waals surface area contributed by atoms with Gasteiger partial charge in [-0.3, -0.25) is 10.1 Å². The van der Waals surface area contributed by atoms with Gasteiger partial charge in [-0.1, -0.05) is 0 Å². The van der Waals surface area contributed by atoms with Crippen molar-refractivity contribution in [3.8, 4) is 5.75 Å². The van der Waals surface area contributed by atoms with Crippen LogP contribution in [-0.4, -0.2) is 29.3 Å². The molecule has 1 aromatic carbocycles. The molecule has 1 N–H and O–H groups in total. The first-order valence-corrected chi connectivity index (χ1v) is 4.26. The molecule has 0 saturated carbocycles. The third-order valence-corrected chi connectivity index (χ3v) is 1.74. The lowest BCUT2D eigenvalue weighted by Gasteiger charge is -2.05. The van der Waals surface area contributed by atoms with E-state index in [0.717, 1.165) is 18.2 Å². The number of ether oxygens (including phenoxy) is 1. The molecule has 0 radical (unpaired) electrons. The zero-order valence-electron chi connectivity index (χ0n) is 8.05. The molecule has 16 heavy (non-hydrogen) atoms. The van der Waals surface area contributed by atoms with Crippen LogP contribution in [0.3, 0.4) is 0 Å². The van der Waals surface area contributed by atoms with Crippen molar-refractivity contribution < 1.29 is 24.0 Å². The molecule has 0 saturated heterocycles. The van der Waals surface area contributed by atoms with E-state index in [1.165, 1.54) is 0 Å². The highest BCUT2D eigenvalue weighted by Crippen LogP contribution is 2.27. The van der Waals surface area contributed by atoms with Crippen LogP contribution in [0.5, 0.6) is 5.75 Å². The van der Waals surface area contributed by atoms with Crippen LogP contribution < -0.4 is 4.74 Å². The Morgan fingerprint density at radius 2 is 2.25 bits per heavy atom. The smallest absolute Gasteiger partial charge is 0.335 e. The van der Waals surface area contributed by atoms with Gasteiger partial charge in [0.15, 0.2) is 5.75 Å². The Kier molecular flexibility index (Phi) is 3.76. The summed E-state index contributed by atoms with van der Waals surface area (Å²) in [6.07, 6.45) is 0. The zero-order valence-corrected chi connectivity index (χ0v) is 8.05. The number of carboxylic acids is 1. The van der Waals surface area contributed by atoms with Crippen molar-refractivity contribution in [1.29, 1.82) is 0 Å². The molecular formula is C9H8FNO5. The van der Waals surface area contributed by atoms with Crippen molar-refractivity contribution in [2.24, 2.45) is 0 Å². The molecule has 1 aromatic rings. The topological polar surface area (TPSA) is 89.7 Å². The van der Waals surface area contributed by atoms with Crippen LogP contribution in [0.4, 0.5) is 10.1 Å². The standard InChI is InChI=1S/C9H8FNO5/c10-3-4-16-8-5-6(9(12)13)1-2-7(8)11(14)15/h1-2,5H,3-4H2,(H,12,13). The third kappa shape index (κ3) is 2.66. The predicted octanol–water partition coefficient (Wildman–Crippen LogP) is 1.64. The van der Waals surface area contributed by atoms with Gasteiger partial charge in [0.25, 0.3) is 0 Å². The summed E-state index contributed by atoms with van der Waals surface area (Å²) >= 11 is 0. The minimum absolute atomic E-state index is 0.153. The van der Waals surface area contributed by atoms with Crippen molar-refractivity contribution >= 4 is 11.7 Å². The first-order valence-electron chi connectivity index (χ1n) is 4.26. The Morgan fingerprint density at radius 1 is 1.56 bits per heavy atom. The number of nitrogens with zero attached hydrogens (tertiary/aromatic N) is 1. The Balaban J connectivity index is 3.10. The molecule has 0 aromatic heterocycles. The highest BCUT2D eigenvalue weighted by Gasteiger charge is 2.17. The summed E-state index contributed by atoms with van der Waals surface area (Å²) in [6.45, 7) is -1.17. The second-order valence-corrected chi connectivity index (χ2v) is 2.78. The van der Waals surface area contributed by atoms with Gasteiger partial charge in [-0.2, -0.15) is 0 Å². The highest BCUT2D eigenvalue weighted by atomic mass is 19.1. The van der Waals surface area contributed by atoms with Gasteiger partial charge in [0.05, 0.1) is 10.5 Å². The molecule has 0 spiro atoms. The van der Waals surface area contributed by atoms with E-state index in [2.05, 4.69) is 0 Å². The van der Waals surface area contributed by atoms with E-state index in [1.807, 2.05) is 0 Å².